The lowest BCUT2D eigenvalue weighted by molar-refractivity contribution is -0.882. The van der Waals surface area contributed by atoms with E-state index in [1.54, 1.807) is 6.07 Å². The van der Waals surface area contributed by atoms with Crippen LogP contribution in [0.4, 0.5) is 0 Å². The predicted molar refractivity (Wildman–Crippen MR) is 135 cm³/mol. The van der Waals surface area contributed by atoms with E-state index in [2.05, 4.69) is 32.4 Å². The molecule has 0 unspecified atom stereocenters. The Morgan fingerprint density at radius 1 is 1.09 bits per heavy atom. The van der Waals surface area contributed by atoms with Crippen LogP contribution in [0.5, 0.6) is 5.75 Å². The Bertz CT molecular complexity index is 994. The second-order valence-electron chi connectivity index (χ2n) is 9.63. The first-order valence-electron chi connectivity index (χ1n) is 12.1. The molecule has 0 atom stereocenters. The molecule has 7 heteroatoms. The number of halogens is 1. The molecule has 0 saturated heterocycles. The number of nitrogens with zero attached hydrogens (tertiary/aromatic N) is 1. The van der Waals surface area contributed by atoms with E-state index in [0.717, 1.165) is 42.6 Å². The van der Waals surface area contributed by atoms with Gasteiger partial charge in [0.1, 0.15) is 11.3 Å². The minimum absolute atomic E-state index is 0. The molecular formula is C27H41BrN2O4. The van der Waals surface area contributed by atoms with Gasteiger partial charge in [0.15, 0.2) is 6.54 Å². The summed E-state index contributed by atoms with van der Waals surface area (Å²) in [4.78, 5) is 24.1. The Hall–Kier alpha value is -2.12. The van der Waals surface area contributed by atoms with Crippen LogP contribution in [-0.2, 0) is 11.2 Å². The number of fused-ring (bicyclic) bond motifs is 1. The summed E-state index contributed by atoms with van der Waals surface area (Å²) in [6.45, 7) is 8.85. The summed E-state index contributed by atoms with van der Waals surface area (Å²) in [6, 6.07) is 7.09. The van der Waals surface area contributed by atoms with Crippen LogP contribution in [0, 0.1) is 0 Å². The summed E-state index contributed by atoms with van der Waals surface area (Å²) in [7, 11) is 4.14. The monoisotopic (exact) mass is 536 g/mol. The Morgan fingerprint density at radius 3 is 2.53 bits per heavy atom. The lowest BCUT2D eigenvalue weighted by atomic mass is 10.1. The molecule has 190 valence electrons. The molecule has 1 aromatic heterocycles. The molecule has 0 aliphatic carbocycles. The van der Waals surface area contributed by atoms with Crippen LogP contribution in [0.3, 0.4) is 0 Å². The van der Waals surface area contributed by atoms with Crippen LogP contribution in [0.2, 0.25) is 0 Å². The highest BCUT2D eigenvalue weighted by atomic mass is 79.9. The minimum Gasteiger partial charge on any atom is -1.00 e. The number of nitrogens with one attached hydrogen (secondary N) is 1. The van der Waals surface area contributed by atoms with Gasteiger partial charge in [-0.1, -0.05) is 37.8 Å². The summed E-state index contributed by atoms with van der Waals surface area (Å²) in [6.07, 6.45) is 8.19. The summed E-state index contributed by atoms with van der Waals surface area (Å²) in [5, 5.41) is 3.93. The van der Waals surface area contributed by atoms with Gasteiger partial charge in [-0.05, 0) is 44.9 Å². The van der Waals surface area contributed by atoms with E-state index in [9.17, 15) is 9.59 Å². The molecule has 0 radical (unpaired) electrons. The molecular weight excluding hydrogens is 496 g/mol. The van der Waals surface area contributed by atoms with Crippen molar-refractivity contribution in [2.24, 2.45) is 0 Å². The van der Waals surface area contributed by atoms with E-state index >= 15 is 0 Å². The number of rotatable bonds is 14. The number of allylic oxidation sites excluding steroid dienone is 2. The van der Waals surface area contributed by atoms with Gasteiger partial charge in [0.2, 0.25) is 0 Å². The number of carbonyl (C=O) groups is 1. The van der Waals surface area contributed by atoms with Gasteiger partial charge in [-0.3, -0.25) is 4.79 Å². The van der Waals surface area contributed by atoms with Crippen LogP contribution < -0.4 is 32.7 Å². The van der Waals surface area contributed by atoms with Crippen molar-refractivity contribution in [2.45, 2.75) is 59.3 Å². The zero-order chi connectivity index (χ0) is 24.3. The number of carbonyl (C=O) groups excluding carboxylic acids is 1. The topological polar surface area (TPSA) is 68.5 Å². The molecule has 34 heavy (non-hydrogen) atoms. The second kappa shape index (κ2) is 15.0. The first kappa shape index (κ1) is 29.9. The fourth-order valence-electron chi connectivity index (χ4n) is 3.78. The lowest BCUT2D eigenvalue weighted by Crippen LogP contribution is -3.00. The molecule has 1 N–H and O–H groups in total. The highest BCUT2D eigenvalue weighted by Crippen LogP contribution is 2.28. The van der Waals surface area contributed by atoms with Crippen LogP contribution in [0.1, 0.15) is 58.4 Å². The smallest absolute Gasteiger partial charge is 0.336 e. The molecule has 0 saturated carbocycles. The van der Waals surface area contributed by atoms with Crippen molar-refractivity contribution in [2.75, 3.05) is 40.3 Å². The summed E-state index contributed by atoms with van der Waals surface area (Å²) in [5.74, 6) is 0.843. The Morgan fingerprint density at radius 2 is 1.82 bits per heavy atom. The minimum atomic E-state index is -0.360. The van der Waals surface area contributed by atoms with Crippen LogP contribution >= 0.6 is 0 Å². The van der Waals surface area contributed by atoms with Gasteiger partial charge in [-0.15, -0.1) is 0 Å². The van der Waals surface area contributed by atoms with Crippen molar-refractivity contribution in [1.29, 1.82) is 0 Å². The zero-order valence-electron chi connectivity index (χ0n) is 21.4. The average Bonchev–Trinajstić information content (AvgIpc) is 2.75. The van der Waals surface area contributed by atoms with E-state index in [1.807, 2.05) is 26.0 Å². The van der Waals surface area contributed by atoms with Crippen molar-refractivity contribution in [1.82, 2.24) is 5.32 Å². The molecule has 2 rings (SSSR count). The van der Waals surface area contributed by atoms with Crippen molar-refractivity contribution < 1.29 is 35.4 Å². The predicted octanol–water partition coefficient (Wildman–Crippen LogP) is 1.85. The molecule has 2 aromatic rings. The number of likely N-dealkylation sites (N-methyl/N-ethyl adjacent to an activating group) is 1. The number of hydrogen-bond donors (Lipinski definition) is 1. The van der Waals surface area contributed by atoms with Gasteiger partial charge in [0, 0.05) is 30.0 Å². The van der Waals surface area contributed by atoms with E-state index in [1.165, 1.54) is 30.9 Å². The van der Waals surface area contributed by atoms with Crippen LogP contribution in [0.15, 0.2) is 45.1 Å². The number of hydrogen-bond acceptors (Lipinski definition) is 4. The SMILES string of the molecule is CCCCCCNC(=O)C[N+](C)(C)CCCOc1ccc2ccc(=O)oc2c1CC=C(C)C.[Br-]. The molecule has 0 bridgehead atoms. The molecule has 6 nitrogen and oxygen atoms in total. The lowest BCUT2D eigenvalue weighted by Gasteiger charge is -2.29. The standard InChI is InChI=1S/C27H40N2O4.BrH/c1-6-7-8-9-17-28-25(30)20-29(4,5)18-10-19-32-24-15-12-22-13-16-26(31)33-27(22)23(24)14-11-21(2)3;/h11-13,15-16H,6-10,14,17-20H2,1-5H3;1H. The summed E-state index contributed by atoms with van der Waals surface area (Å²) in [5.41, 5.74) is 2.31. The summed E-state index contributed by atoms with van der Waals surface area (Å²) >= 11 is 0. The molecule has 0 fully saturated rings. The Kier molecular flexibility index (Phi) is 13.2. The molecule has 1 amide bonds. The van der Waals surface area contributed by atoms with Gasteiger partial charge in [-0.2, -0.15) is 0 Å². The quantitative estimate of drug-likeness (QED) is 0.173. The third-order valence-electron chi connectivity index (χ3n) is 5.65. The average molecular weight is 538 g/mol. The largest absolute Gasteiger partial charge is 1.00 e. The number of benzene rings is 1. The highest BCUT2D eigenvalue weighted by molar-refractivity contribution is 5.82. The normalized spacial score (nSPS) is 11.1. The number of quaternary nitrogens is 1. The van der Waals surface area contributed by atoms with Crippen LogP contribution in [-0.4, -0.2) is 50.7 Å². The van der Waals surface area contributed by atoms with Gasteiger partial charge in [0.05, 0.1) is 27.2 Å². The Labute approximate surface area is 214 Å². The van der Waals surface area contributed by atoms with E-state index < -0.39 is 0 Å². The molecule has 0 aliphatic heterocycles. The maximum absolute atomic E-state index is 12.3. The summed E-state index contributed by atoms with van der Waals surface area (Å²) < 4.78 is 12.2. The molecule has 0 spiro atoms. The van der Waals surface area contributed by atoms with Gasteiger partial charge in [-0.25, -0.2) is 4.79 Å². The molecule has 0 aliphatic rings. The molecule has 1 aromatic carbocycles. The first-order valence-corrected chi connectivity index (χ1v) is 12.1. The van der Waals surface area contributed by atoms with Gasteiger partial charge < -0.3 is 35.9 Å². The van der Waals surface area contributed by atoms with Crippen molar-refractivity contribution in [3.05, 3.63) is 51.9 Å². The van der Waals surface area contributed by atoms with Crippen molar-refractivity contribution in [3.8, 4) is 5.75 Å². The first-order chi connectivity index (χ1) is 15.7. The number of amides is 1. The van der Waals surface area contributed by atoms with Gasteiger partial charge in [0.25, 0.3) is 5.91 Å². The van der Waals surface area contributed by atoms with E-state index in [-0.39, 0.29) is 28.5 Å². The van der Waals surface area contributed by atoms with Crippen LogP contribution in [0.25, 0.3) is 11.0 Å². The number of unbranched alkanes of at least 4 members (excludes halogenated alkanes) is 3. The maximum atomic E-state index is 12.3. The Balaban J connectivity index is 0.00000578. The zero-order valence-corrected chi connectivity index (χ0v) is 23.0. The van der Waals surface area contributed by atoms with Crippen molar-refractivity contribution >= 4 is 16.9 Å². The third kappa shape index (κ3) is 10.4. The third-order valence-corrected chi connectivity index (χ3v) is 5.65. The molecule has 1 heterocycles. The second-order valence-corrected chi connectivity index (χ2v) is 9.63. The van der Waals surface area contributed by atoms with Crippen molar-refractivity contribution in [3.63, 3.8) is 0 Å². The highest BCUT2D eigenvalue weighted by Gasteiger charge is 2.20. The van der Waals surface area contributed by atoms with Gasteiger partial charge >= 0.3 is 5.63 Å². The van der Waals surface area contributed by atoms with E-state index in [0.29, 0.717) is 29.6 Å². The maximum Gasteiger partial charge on any atom is 0.336 e. The fraction of sp³-hybridized carbons (Fsp3) is 0.556. The fourth-order valence-corrected chi connectivity index (χ4v) is 3.78. The number of ether oxygens (including phenoxy) is 1. The van der Waals surface area contributed by atoms with E-state index in [4.69, 9.17) is 9.15 Å².